The van der Waals surface area contributed by atoms with Gasteiger partial charge in [-0.3, -0.25) is 4.99 Å². The summed E-state index contributed by atoms with van der Waals surface area (Å²) in [5.74, 6) is 0.858. The zero-order valence-corrected chi connectivity index (χ0v) is 13.9. The monoisotopic (exact) mass is 304 g/mol. The van der Waals surface area contributed by atoms with Crippen LogP contribution in [-0.4, -0.2) is 52.4 Å². The summed E-state index contributed by atoms with van der Waals surface area (Å²) in [6.45, 7) is 5.79. The number of benzene rings is 1. The third kappa shape index (κ3) is 4.37. The van der Waals surface area contributed by atoms with E-state index in [9.17, 15) is 0 Å². The summed E-state index contributed by atoms with van der Waals surface area (Å²) in [5, 5.41) is 6.68. The van der Waals surface area contributed by atoms with Crippen molar-refractivity contribution in [2.75, 3.05) is 45.3 Å². The molecule has 1 heterocycles. The van der Waals surface area contributed by atoms with Gasteiger partial charge in [-0.15, -0.1) is 0 Å². The molecule has 1 aliphatic heterocycles. The highest BCUT2D eigenvalue weighted by Gasteiger charge is 2.24. The molecule has 1 aromatic carbocycles. The Hall–Kier alpha value is -1.75. The number of nitrogens with zero attached hydrogens (tertiary/aromatic N) is 2. The number of para-hydroxylation sites is 1. The first-order chi connectivity index (χ1) is 10.8. The molecule has 0 amide bonds. The second-order valence-electron chi connectivity index (χ2n) is 5.65. The number of hydrogen-bond acceptors (Lipinski definition) is 3. The Balaban J connectivity index is 1.76. The van der Waals surface area contributed by atoms with E-state index in [0.29, 0.717) is 6.04 Å². The molecule has 0 bridgehead atoms. The van der Waals surface area contributed by atoms with Crippen LogP contribution in [0.5, 0.6) is 0 Å². The predicted molar refractivity (Wildman–Crippen MR) is 92.8 cm³/mol. The highest BCUT2D eigenvalue weighted by Crippen LogP contribution is 2.30. The first kappa shape index (κ1) is 16.6. The Kier molecular flexibility index (Phi) is 6.52. The topological polar surface area (TPSA) is 48.9 Å². The smallest absolute Gasteiger partial charge is 0.191 e. The molecule has 1 aliphatic rings. The number of guanidine groups is 1. The van der Waals surface area contributed by atoms with Crippen molar-refractivity contribution >= 4 is 11.6 Å². The van der Waals surface area contributed by atoms with Crippen LogP contribution in [0.15, 0.2) is 29.3 Å². The minimum Gasteiger partial charge on any atom is -0.385 e. The van der Waals surface area contributed by atoms with Crippen molar-refractivity contribution in [3.8, 4) is 0 Å². The standard InChI is InChI=1S/C17H28N4O/c1-14-13-15-7-4-5-8-16(15)21(14)11-10-20-17(18-2)19-9-6-12-22-3/h4-5,7-8,14H,6,9-13H2,1-3H3,(H2,18,19,20). The third-order valence-corrected chi connectivity index (χ3v) is 4.03. The fraction of sp³-hybridized carbons (Fsp3) is 0.588. The van der Waals surface area contributed by atoms with E-state index < -0.39 is 0 Å². The number of hydrogen-bond donors (Lipinski definition) is 2. The van der Waals surface area contributed by atoms with Crippen molar-refractivity contribution in [1.29, 1.82) is 0 Å². The van der Waals surface area contributed by atoms with Crippen LogP contribution in [0.2, 0.25) is 0 Å². The number of rotatable bonds is 7. The normalized spacial score (nSPS) is 17.5. The fourth-order valence-corrected chi connectivity index (χ4v) is 2.91. The van der Waals surface area contributed by atoms with Crippen molar-refractivity contribution < 1.29 is 4.74 Å². The number of aliphatic imine (C=N–C) groups is 1. The Morgan fingerprint density at radius 2 is 2.09 bits per heavy atom. The Labute approximate surface area is 133 Å². The average molecular weight is 304 g/mol. The van der Waals surface area contributed by atoms with Crippen LogP contribution in [0, 0.1) is 0 Å². The fourth-order valence-electron chi connectivity index (χ4n) is 2.91. The van der Waals surface area contributed by atoms with E-state index in [1.54, 1.807) is 14.2 Å². The SMILES string of the molecule is CN=C(NCCCOC)NCCN1c2ccccc2CC1C. The quantitative estimate of drug-likeness (QED) is 0.457. The van der Waals surface area contributed by atoms with Crippen molar-refractivity contribution in [3.63, 3.8) is 0 Å². The van der Waals surface area contributed by atoms with Crippen LogP contribution in [0.25, 0.3) is 0 Å². The van der Waals surface area contributed by atoms with E-state index in [-0.39, 0.29) is 0 Å². The molecule has 2 N–H and O–H groups in total. The molecule has 5 nitrogen and oxygen atoms in total. The van der Waals surface area contributed by atoms with Crippen LogP contribution in [-0.2, 0) is 11.2 Å². The van der Waals surface area contributed by atoms with Gasteiger partial charge in [-0.25, -0.2) is 0 Å². The van der Waals surface area contributed by atoms with Gasteiger partial charge in [-0.05, 0) is 31.4 Å². The van der Waals surface area contributed by atoms with E-state index in [4.69, 9.17) is 4.74 Å². The second kappa shape index (κ2) is 8.63. The van der Waals surface area contributed by atoms with Gasteiger partial charge in [-0.1, -0.05) is 18.2 Å². The van der Waals surface area contributed by atoms with E-state index in [2.05, 4.69) is 51.7 Å². The van der Waals surface area contributed by atoms with Gasteiger partial charge in [0.1, 0.15) is 0 Å². The predicted octanol–water partition coefficient (Wildman–Crippen LogP) is 1.64. The van der Waals surface area contributed by atoms with Crippen LogP contribution in [0.4, 0.5) is 5.69 Å². The summed E-state index contributed by atoms with van der Waals surface area (Å²) in [6.07, 6.45) is 2.12. The molecule has 1 aromatic rings. The lowest BCUT2D eigenvalue weighted by molar-refractivity contribution is 0.195. The first-order valence-electron chi connectivity index (χ1n) is 8.04. The molecule has 0 aromatic heterocycles. The average Bonchev–Trinajstić information content (AvgIpc) is 2.85. The van der Waals surface area contributed by atoms with Gasteiger partial charge in [-0.2, -0.15) is 0 Å². The molecule has 5 heteroatoms. The van der Waals surface area contributed by atoms with Gasteiger partial charge in [0, 0.05) is 52.1 Å². The Morgan fingerprint density at radius 3 is 2.86 bits per heavy atom. The third-order valence-electron chi connectivity index (χ3n) is 4.03. The lowest BCUT2D eigenvalue weighted by Crippen LogP contribution is -2.43. The molecular weight excluding hydrogens is 276 g/mol. The maximum atomic E-state index is 5.04. The second-order valence-corrected chi connectivity index (χ2v) is 5.65. The molecule has 0 aliphatic carbocycles. The lowest BCUT2D eigenvalue weighted by Gasteiger charge is -2.25. The van der Waals surface area contributed by atoms with Gasteiger partial charge < -0.3 is 20.3 Å². The molecule has 0 fully saturated rings. The minimum absolute atomic E-state index is 0.566. The highest BCUT2D eigenvalue weighted by molar-refractivity contribution is 5.79. The van der Waals surface area contributed by atoms with Crippen molar-refractivity contribution in [2.24, 2.45) is 4.99 Å². The molecule has 0 spiro atoms. The van der Waals surface area contributed by atoms with Crippen LogP contribution in [0.3, 0.4) is 0 Å². The molecule has 122 valence electrons. The lowest BCUT2D eigenvalue weighted by atomic mass is 10.1. The molecule has 0 radical (unpaired) electrons. The van der Waals surface area contributed by atoms with Gasteiger partial charge in [0.2, 0.25) is 0 Å². The molecule has 2 rings (SSSR count). The van der Waals surface area contributed by atoms with Crippen LogP contribution < -0.4 is 15.5 Å². The number of ether oxygens (including phenoxy) is 1. The molecule has 1 atom stereocenters. The molecule has 0 saturated heterocycles. The van der Waals surface area contributed by atoms with Crippen molar-refractivity contribution in [2.45, 2.75) is 25.8 Å². The van der Waals surface area contributed by atoms with E-state index in [0.717, 1.165) is 45.0 Å². The van der Waals surface area contributed by atoms with Gasteiger partial charge in [0.05, 0.1) is 0 Å². The zero-order chi connectivity index (χ0) is 15.8. The zero-order valence-electron chi connectivity index (χ0n) is 13.9. The number of methoxy groups -OCH3 is 1. The molecule has 22 heavy (non-hydrogen) atoms. The summed E-state index contributed by atoms with van der Waals surface area (Å²) >= 11 is 0. The van der Waals surface area contributed by atoms with Gasteiger partial charge >= 0.3 is 0 Å². The highest BCUT2D eigenvalue weighted by atomic mass is 16.5. The minimum atomic E-state index is 0.566. The maximum Gasteiger partial charge on any atom is 0.191 e. The van der Waals surface area contributed by atoms with E-state index in [1.165, 1.54) is 11.3 Å². The van der Waals surface area contributed by atoms with E-state index in [1.807, 2.05) is 0 Å². The van der Waals surface area contributed by atoms with E-state index >= 15 is 0 Å². The van der Waals surface area contributed by atoms with Crippen molar-refractivity contribution in [1.82, 2.24) is 10.6 Å². The molecule has 0 saturated carbocycles. The summed E-state index contributed by atoms with van der Waals surface area (Å²) in [4.78, 5) is 6.72. The Morgan fingerprint density at radius 1 is 1.32 bits per heavy atom. The summed E-state index contributed by atoms with van der Waals surface area (Å²) in [7, 11) is 3.53. The number of anilines is 1. The van der Waals surface area contributed by atoms with Crippen molar-refractivity contribution in [3.05, 3.63) is 29.8 Å². The summed E-state index contributed by atoms with van der Waals surface area (Å²) in [5.41, 5.74) is 2.83. The number of nitrogens with one attached hydrogen (secondary N) is 2. The molecular formula is C17H28N4O. The summed E-state index contributed by atoms with van der Waals surface area (Å²) < 4.78 is 5.04. The summed E-state index contributed by atoms with van der Waals surface area (Å²) in [6, 6.07) is 9.26. The maximum absolute atomic E-state index is 5.04. The Bertz CT molecular complexity index is 489. The van der Waals surface area contributed by atoms with Crippen LogP contribution in [0.1, 0.15) is 18.9 Å². The van der Waals surface area contributed by atoms with Gasteiger partial charge in [0.15, 0.2) is 5.96 Å². The van der Waals surface area contributed by atoms with Crippen LogP contribution >= 0.6 is 0 Å². The molecule has 1 unspecified atom stereocenters. The largest absolute Gasteiger partial charge is 0.385 e. The van der Waals surface area contributed by atoms with Gasteiger partial charge in [0.25, 0.3) is 0 Å². The first-order valence-corrected chi connectivity index (χ1v) is 8.04. The number of fused-ring (bicyclic) bond motifs is 1.